The molecular weight excluding hydrogens is 725 g/mol. The zero-order valence-corrected chi connectivity index (χ0v) is 35.2. The third-order valence-corrected chi connectivity index (χ3v) is 12.8. The first-order valence-electron chi connectivity index (χ1n) is 21.3. The number of para-hydroxylation sites is 1. The Bertz CT molecular complexity index is 3340. The second-order valence-corrected chi connectivity index (χ2v) is 18.6. The lowest BCUT2D eigenvalue weighted by Crippen LogP contribution is -2.10. The van der Waals surface area contributed by atoms with Gasteiger partial charge in [-0.05, 0) is 126 Å². The first-order chi connectivity index (χ1) is 29.0. The molecule has 0 fully saturated rings. The van der Waals surface area contributed by atoms with Crippen LogP contribution in [0.3, 0.4) is 0 Å². The number of rotatable bonds is 4. The number of hydrogen-bond acceptors (Lipinski definition) is 0. The molecular formula is C58H48N2. The van der Waals surface area contributed by atoms with Crippen LogP contribution in [-0.4, -0.2) is 9.13 Å². The minimum atomic E-state index is 0.0533. The van der Waals surface area contributed by atoms with Gasteiger partial charge in [0, 0.05) is 32.9 Å². The van der Waals surface area contributed by atoms with Crippen LogP contribution in [0.4, 0.5) is 0 Å². The quantitative estimate of drug-likeness (QED) is 0.158. The number of benzene rings is 9. The first kappa shape index (κ1) is 36.2. The van der Waals surface area contributed by atoms with Crippen molar-refractivity contribution in [2.24, 2.45) is 0 Å². The monoisotopic (exact) mass is 772 g/mol. The summed E-state index contributed by atoms with van der Waals surface area (Å²) in [4.78, 5) is 0. The van der Waals surface area contributed by atoms with Gasteiger partial charge in [-0.3, -0.25) is 0 Å². The number of nitrogens with zero attached hydrogens (tertiary/aromatic N) is 2. The molecule has 0 bridgehead atoms. The molecule has 0 aliphatic rings. The van der Waals surface area contributed by atoms with E-state index < -0.39 is 0 Å². The molecule has 0 atom stereocenters. The van der Waals surface area contributed by atoms with Gasteiger partial charge >= 0.3 is 0 Å². The van der Waals surface area contributed by atoms with Crippen molar-refractivity contribution in [1.82, 2.24) is 9.13 Å². The largest absolute Gasteiger partial charge is 0.309 e. The maximum absolute atomic E-state index is 2.47. The molecule has 2 heteroatoms. The number of fused-ring (bicyclic) bond motifs is 8. The summed E-state index contributed by atoms with van der Waals surface area (Å²) in [7, 11) is 0. The molecule has 0 saturated carbocycles. The van der Waals surface area contributed by atoms with E-state index >= 15 is 0 Å². The summed E-state index contributed by atoms with van der Waals surface area (Å²) >= 11 is 0. The van der Waals surface area contributed by atoms with E-state index in [1.807, 2.05) is 0 Å². The van der Waals surface area contributed by atoms with Gasteiger partial charge in [-0.25, -0.2) is 0 Å². The summed E-state index contributed by atoms with van der Waals surface area (Å²) < 4.78 is 4.91. The molecule has 0 aliphatic heterocycles. The average molecular weight is 773 g/mol. The highest BCUT2D eigenvalue weighted by Gasteiger charge is 2.22. The molecule has 60 heavy (non-hydrogen) atoms. The third kappa shape index (κ3) is 5.62. The van der Waals surface area contributed by atoms with Crippen molar-refractivity contribution in [2.45, 2.75) is 52.4 Å². The molecule has 0 radical (unpaired) electrons. The van der Waals surface area contributed by atoms with E-state index in [1.54, 1.807) is 0 Å². The fourth-order valence-electron chi connectivity index (χ4n) is 9.75. The topological polar surface area (TPSA) is 9.86 Å². The van der Waals surface area contributed by atoms with Crippen LogP contribution in [0.2, 0.25) is 0 Å². The van der Waals surface area contributed by atoms with Crippen LogP contribution >= 0.6 is 0 Å². The summed E-state index contributed by atoms with van der Waals surface area (Å²) in [6, 6.07) is 67.9. The highest BCUT2D eigenvalue weighted by Crippen LogP contribution is 2.45. The van der Waals surface area contributed by atoms with Gasteiger partial charge in [-0.2, -0.15) is 0 Å². The van der Waals surface area contributed by atoms with E-state index in [0.717, 1.165) is 5.69 Å². The van der Waals surface area contributed by atoms with Crippen LogP contribution in [0, 0.1) is 0 Å². The van der Waals surface area contributed by atoms with Crippen molar-refractivity contribution in [3.8, 4) is 33.6 Å². The van der Waals surface area contributed by atoms with Crippen molar-refractivity contribution in [3.63, 3.8) is 0 Å². The fourth-order valence-corrected chi connectivity index (χ4v) is 9.75. The Balaban J connectivity index is 1.08. The van der Waals surface area contributed by atoms with Crippen molar-refractivity contribution in [3.05, 3.63) is 193 Å². The van der Waals surface area contributed by atoms with Crippen molar-refractivity contribution < 1.29 is 0 Å². The van der Waals surface area contributed by atoms with Crippen molar-refractivity contribution in [2.75, 3.05) is 0 Å². The normalized spacial score (nSPS) is 12.5. The molecule has 290 valence electrons. The molecule has 2 aromatic heterocycles. The maximum atomic E-state index is 2.47. The highest BCUT2D eigenvalue weighted by atomic mass is 15.0. The summed E-state index contributed by atoms with van der Waals surface area (Å²) in [6.07, 6.45) is 0. The predicted molar refractivity (Wildman–Crippen MR) is 258 cm³/mol. The van der Waals surface area contributed by atoms with Gasteiger partial charge in [0.2, 0.25) is 0 Å². The molecule has 11 rings (SSSR count). The summed E-state index contributed by atoms with van der Waals surface area (Å²) in [5.74, 6) is 0. The van der Waals surface area contributed by atoms with E-state index in [2.05, 4.69) is 233 Å². The third-order valence-electron chi connectivity index (χ3n) is 12.8. The van der Waals surface area contributed by atoms with Crippen LogP contribution < -0.4 is 0 Å². The molecule has 2 nitrogen and oxygen atoms in total. The van der Waals surface area contributed by atoms with E-state index in [0.29, 0.717) is 0 Å². The van der Waals surface area contributed by atoms with E-state index in [9.17, 15) is 0 Å². The Morgan fingerprint density at radius 1 is 0.283 bits per heavy atom. The van der Waals surface area contributed by atoms with E-state index in [1.165, 1.54) is 104 Å². The summed E-state index contributed by atoms with van der Waals surface area (Å²) in [5, 5.41) is 10.2. The fraction of sp³-hybridized carbons (Fsp3) is 0.138. The smallest absolute Gasteiger partial charge is 0.0542 e. The number of aromatic nitrogens is 2. The lowest BCUT2D eigenvalue weighted by atomic mass is 9.85. The van der Waals surface area contributed by atoms with Gasteiger partial charge in [0.05, 0.1) is 22.1 Å². The second kappa shape index (κ2) is 13.3. The van der Waals surface area contributed by atoms with E-state index in [4.69, 9.17) is 0 Å². The first-order valence-corrected chi connectivity index (χ1v) is 21.3. The van der Waals surface area contributed by atoms with Gasteiger partial charge in [0.25, 0.3) is 0 Å². The van der Waals surface area contributed by atoms with Crippen LogP contribution in [0.1, 0.15) is 52.7 Å². The number of hydrogen-bond donors (Lipinski definition) is 0. The Morgan fingerprint density at radius 2 is 0.650 bits per heavy atom. The zero-order valence-electron chi connectivity index (χ0n) is 35.2. The van der Waals surface area contributed by atoms with Gasteiger partial charge in [-0.15, -0.1) is 0 Å². The maximum Gasteiger partial charge on any atom is 0.0542 e. The molecule has 0 saturated heterocycles. The van der Waals surface area contributed by atoms with Crippen molar-refractivity contribution >= 4 is 65.2 Å². The van der Waals surface area contributed by atoms with Crippen LogP contribution in [0.15, 0.2) is 182 Å². The van der Waals surface area contributed by atoms with E-state index in [-0.39, 0.29) is 10.8 Å². The van der Waals surface area contributed by atoms with Crippen LogP contribution in [0.25, 0.3) is 98.8 Å². The highest BCUT2D eigenvalue weighted by molar-refractivity contribution is 6.21. The zero-order chi connectivity index (χ0) is 40.9. The van der Waals surface area contributed by atoms with Gasteiger partial charge in [-0.1, -0.05) is 163 Å². The SMILES string of the molecule is CC(C)(C)c1ccc2c(c1)c1cc(C(C)(C)C)ccc1n2-c1ccc2c(c1)c1ccccc1n2-c1ccc(-c2c3ccccc3c(-c3ccccc3)c3ccccc23)cc1. The standard InChI is InChI=1S/C58H48N2/c1-57(2,3)39-26-31-52-48(34-39)49-35-40(58(4,5)6)27-32-53(49)60(52)42-30-33-54-50(36-42)43-18-14-15-23-51(43)59(54)41-28-24-38(25-29-41)56-46-21-12-10-19-44(46)55(37-16-8-7-9-17-37)45-20-11-13-22-47(45)56/h7-36H,1-6H3. The van der Waals surface area contributed by atoms with Crippen LogP contribution in [-0.2, 0) is 10.8 Å². The molecule has 0 aliphatic carbocycles. The minimum Gasteiger partial charge on any atom is -0.309 e. The lowest BCUT2D eigenvalue weighted by Gasteiger charge is -2.19. The Hall–Kier alpha value is -6.90. The molecule has 0 N–H and O–H groups in total. The second-order valence-electron chi connectivity index (χ2n) is 18.6. The lowest BCUT2D eigenvalue weighted by molar-refractivity contribution is 0.590. The molecule has 0 amide bonds. The van der Waals surface area contributed by atoms with Crippen LogP contribution in [0.5, 0.6) is 0 Å². The average Bonchev–Trinajstić information content (AvgIpc) is 3.77. The van der Waals surface area contributed by atoms with Gasteiger partial charge in [0.15, 0.2) is 0 Å². The predicted octanol–water partition coefficient (Wildman–Crippen LogP) is 16.1. The van der Waals surface area contributed by atoms with Crippen molar-refractivity contribution in [1.29, 1.82) is 0 Å². The molecule has 0 unspecified atom stereocenters. The Labute approximate surface area is 352 Å². The minimum absolute atomic E-state index is 0.0533. The summed E-state index contributed by atoms with van der Waals surface area (Å²) in [6.45, 7) is 13.8. The molecule has 9 aromatic carbocycles. The molecule has 11 aromatic rings. The molecule has 0 spiro atoms. The van der Waals surface area contributed by atoms with Gasteiger partial charge < -0.3 is 9.13 Å². The Morgan fingerprint density at radius 3 is 1.15 bits per heavy atom. The van der Waals surface area contributed by atoms with Gasteiger partial charge in [0.1, 0.15) is 0 Å². The summed E-state index contributed by atoms with van der Waals surface area (Å²) in [5.41, 5.74) is 15.0. The Kier molecular flexibility index (Phi) is 8.03. The molecule has 2 heterocycles.